The summed E-state index contributed by atoms with van der Waals surface area (Å²) in [4.78, 5) is 0. The Morgan fingerprint density at radius 2 is 2.29 bits per heavy atom. The first kappa shape index (κ1) is 13.3. The van der Waals surface area contributed by atoms with Gasteiger partial charge in [-0.3, -0.25) is 5.32 Å². The second kappa shape index (κ2) is 6.73. The van der Waals surface area contributed by atoms with Crippen molar-refractivity contribution in [1.82, 2.24) is 5.32 Å². The predicted octanol–water partition coefficient (Wildman–Crippen LogP) is 3.31. The van der Waals surface area contributed by atoms with Crippen LogP contribution in [0.1, 0.15) is 23.6 Å². The number of benzene rings is 1. The summed E-state index contributed by atoms with van der Waals surface area (Å²) in [5.74, 6) is 2.66. The van der Waals surface area contributed by atoms with E-state index in [0.717, 1.165) is 6.54 Å². The van der Waals surface area contributed by atoms with Crippen LogP contribution in [0.15, 0.2) is 36.9 Å². The van der Waals surface area contributed by atoms with Crippen molar-refractivity contribution in [3.05, 3.63) is 53.6 Å². The number of hydrogen-bond donors (Lipinski definition) is 1. The quantitative estimate of drug-likeness (QED) is 0.599. The molecule has 0 saturated carbocycles. The molecule has 1 aromatic rings. The first-order chi connectivity index (χ1) is 8.17. The van der Waals surface area contributed by atoms with Gasteiger partial charge in [0, 0.05) is 6.54 Å². The third-order valence-electron chi connectivity index (χ3n) is 2.62. The summed E-state index contributed by atoms with van der Waals surface area (Å²) in [6.07, 6.45) is 11.1. The molecule has 0 aliphatic heterocycles. The van der Waals surface area contributed by atoms with Gasteiger partial charge in [0.1, 0.15) is 0 Å². The van der Waals surface area contributed by atoms with Crippen LogP contribution >= 0.6 is 0 Å². The van der Waals surface area contributed by atoms with E-state index in [1.165, 1.54) is 16.7 Å². The van der Waals surface area contributed by atoms with E-state index in [1.807, 2.05) is 13.0 Å². The largest absolute Gasteiger partial charge is 0.300 e. The van der Waals surface area contributed by atoms with Gasteiger partial charge in [-0.25, -0.2) is 0 Å². The third-order valence-corrected chi connectivity index (χ3v) is 2.62. The number of nitrogens with one attached hydrogen (secondary N) is 1. The minimum atomic E-state index is 0.100. The highest BCUT2D eigenvalue weighted by Crippen LogP contribution is 2.13. The SMILES string of the molecule is C#CC(C)NCc1ccc(C)c(/C=C\C=C)c1. The zero-order valence-corrected chi connectivity index (χ0v) is 10.5. The molecule has 1 aromatic carbocycles. The van der Waals surface area contributed by atoms with Crippen LogP contribution in [0, 0.1) is 19.3 Å². The molecule has 88 valence electrons. The van der Waals surface area contributed by atoms with Gasteiger partial charge in [-0.05, 0) is 30.5 Å². The van der Waals surface area contributed by atoms with Crippen molar-refractivity contribution in [1.29, 1.82) is 0 Å². The molecule has 0 heterocycles. The Morgan fingerprint density at radius 3 is 2.94 bits per heavy atom. The lowest BCUT2D eigenvalue weighted by Crippen LogP contribution is -2.23. The summed E-state index contributed by atoms with van der Waals surface area (Å²) in [5, 5.41) is 3.27. The zero-order valence-electron chi connectivity index (χ0n) is 10.5. The van der Waals surface area contributed by atoms with E-state index in [0.29, 0.717) is 0 Å². The Labute approximate surface area is 104 Å². The molecular formula is C16H19N. The van der Waals surface area contributed by atoms with Gasteiger partial charge in [-0.1, -0.05) is 48.9 Å². The zero-order chi connectivity index (χ0) is 12.7. The molecule has 0 spiro atoms. The van der Waals surface area contributed by atoms with E-state index < -0.39 is 0 Å². The Balaban J connectivity index is 2.78. The van der Waals surface area contributed by atoms with Crippen LogP contribution in [0.5, 0.6) is 0 Å². The lowest BCUT2D eigenvalue weighted by atomic mass is 10.0. The highest BCUT2D eigenvalue weighted by Gasteiger charge is 1.99. The van der Waals surface area contributed by atoms with Crippen molar-refractivity contribution in [2.24, 2.45) is 0 Å². The van der Waals surface area contributed by atoms with Crippen LogP contribution in [0.2, 0.25) is 0 Å². The summed E-state index contributed by atoms with van der Waals surface area (Å²) < 4.78 is 0. The fourth-order valence-corrected chi connectivity index (χ4v) is 1.48. The van der Waals surface area contributed by atoms with Crippen LogP contribution in [-0.2, 0) is 6.54 Å². The van der Waals surface area contributed by atoms with Crippen molar-refractivity contribution in [3.63, 3.8) is 0 Å². The van der Waals surface area contributed by atoms with Gasteiger partial charge in [-0.2, -0.15) is 0 Å². The second-order valence-corrected chi connectivity index (χ2v) is 4.06. The van der Waals surface area contributed by atoms with Gasteiger partial charge in [0.2, 0.25) is 0 Å². The molecule has 1 unspecified atom stereocenters. The van der Waals surface area contributed by atoms with E-state index in [2.05, 4.69) is 49.0 Å². The van der Waals surface area contributed by atoms with E-state index in [4.69, 9.17) is 6.42 Å². The van der Waals surface area contributed by atoms with E-state index in [1.54, 1.807) is 6.08 Å². The number of aryl methyl sites for hydroxylation is 1. The maximum absolute atomic E-state index is 5.32. The maximum Gasteiger partial charge on any atom is 0.0660 e. The average molecular weight is 225 g/mol. The first-order valence-electron chi connectivity index (χ1n) is 5.75. The molecule has 0 radical (unpaired) electrons. The van der Waals surface area contributed by atoms with E-state index >= 15 is 0 Å². The van der Waals surface area contributed by atoms with Gasteiger partial charge < -0.3 is 0 Å². The topological polar surface area (TPSA) is 12.0 Å². The molecule has 1 N–H and O–H groups in total. The van der Waals surface area contributed by atoms with E-state index in [9.17, 15) is 0 Å². The van der Waals surface area contributed by atoms with Crippen molar-refractivity contribution in [3.8, 4) is 12.3 Å². The Morgan fingerprint density at radius 1 is 1.53 bits per heavy atom. The van der Waals surface area contributed by atoms with Gasteiger partial charge in [-0.15, -0.1) is 6.42 Å². The standard InChI is InChI=1S/C16H19N/c1-5-7-8-16-11-15(10-9-13(16)3)12-17-14(4)6-2/h2,5,7-11,14,17H,1,12H2,3-4H3/b8-7-. The lowest BCUT2D eigenvalue weighted by molar-refractivity contribution is 0.648. The predicted molar refractivity (Wildman–Crippen MR) is 75.5 cm³/mol. The molecule has 0 bridgehead atoms. The number of hydrogen-bond acceptors (Lipinski definition) is 1. The number of terminal acetylenes is 1. The smallest absolute Gasteiger partial charge is 0.0660 e. The summed E-state index contributed by atoms with van der Waals surface area (Å²) in [6, 6.07) is 6.52. The molecule has 0 saturated heterocycles. The van der Waals surface area contributed by atoms with E-state index in [-0.39, 0.29) is 6.04 Å². The first-order valence-corrected chi connectivity index (χ1v) is 5.75. The number of allylic oxidation sites excluding steroid dienone is 2. The van der Waals surface area contributed by atoms with Gasteiger partial charge >= 0.3 is 0 Å². The molecule has 0 aromatic heterocycles. The van der Waals surface area contributed by atoms with Gasteiger partial charge in [0.05, 0.1) is 6.04 Å². The number of rotatable bonds is 5. The molecule has 0 aliphatic carbocycles. The highest BCUT2D eigenvalue weighted by molar-refractivity contribution is 5.55. The summed E-state index contributed by atoms with van der Waals surface area (Å²) >= 11 is 0. The lowest BCUT2D eigenvalue weighted by Gasteiger charge is -2.09. The minimum absolute atomic E-state index is 0.100. The Bertz CT molecular complexity index is 449. The Hall–Kier alpha value is -1.78. The molecule has 1 heteroatoms. The highest BCUT2D eigenvalue weighted by atomic mass is 14.9. The van der Waals surface area contributed by atoms with Crippen LogP contribution in [0.4, 0.5) is 0 Å². The van der Waals surface area contributed by atoms with Gasteiger partial charge in [0.15, 0.2) is 0 Å². The van der Waals surface area contributed by atoms with Crippen LogP contribution < -0.4 is 5.32 Å². The fourth-order valence-electron chi connectivity index (χ4n) is 1.48. The third kappa shape index (κ3) is 4.30. The maximum atomic E-state index is 5.32. The van der Waals surface area contributed by atoms with Crippen LogP contribution in [-0.4, -0.2) is 6.04 Å². The summed E-state index contributed by atoms with van der Waals surface area (Å²) in [5.41, 5.74) is 3.72. The molecule has 0 amide bonds. The van der Waals surface area contributed by atoms with Gasteiger partial charge in [0.25, 0.3) is 0 Å². The van der Waals surface area contributed by atoms with Crippen molar-refractivity contribution in [2.45, 2.75) is 26.4 Å². The molecule has 1 nitrogen and oxygen atoms in total. The monoisotopic (exact) mass is 225 g/mol. The molecule has 0 fully saturated rings. The normalized spacial score (nSPS) is 12.3. The molecule has 0 aliphatic rings. The average Bonchev–Trinajstić information content (AvgIpc) is 2.35. The second-order valence-electron chi connectivity index (χ2n) is 4.06. The van der Waals surface area contributed by atoms with Crippen molar-refractivity contribution >= 4 is 6.08 Å². The molecule has 1 atom stereocenters. The fraction of sp³-hybridized carbons (Fsp3) is 0.250. The summed E-state index contributed by atoms with van der Waals surface area (Å²) in [6.45, 7) is 8.55. The van der Waals surface area contributed by atoms with Crippen molar-refractivity contribution in [2.75, 3.05) is 0 Å². The van der Waals surface area contributed by atoms with Crippen LogP contribution in [0.3, 0.4) is 0 Å². The van der Waals surface area contributed by atoms with Crippen LogP contribution in [0.25, 0.3) is 6.08 Å². The molecule has 1 rings (SSSR count). The Kier molecular flexibility index (Phi) is 5.26. The summed E-state index contributed by atoms with van der Waals surface area (Å²) in [7, 11) is 0. The minimum Gasteiger partial charge on any atom is -0.300 e. The molecular weight excluding hydrogens is 206 g/mol. The van der Waals surface area contributed by atoms with Crippen molar-refractivity contribution < 1.29 is 0 Å². The molecule has 17 heavy (non-hydrogen) atoms.